The number of nitrogens with zero attached hydrogens (tertiary/aromatic N) is 3. The van der Waals surface area contributed by atoms with Crippen LogP contribution in [0.15, 0.2) is 5.11 Å². The van der Waals surface area contributed by atoms with E-state index in [1.807, 2.05) is 13.8 Å². The van der Waals surface area contributed by atoms with Crippen LogP contribution in [0.5, 0.6) is 0 Å². The van der Waals surface area contributed by atoms with Gasteiger partial charge in [-0.1, -0.05) is 5.11 Å². The molecule has 7 heteroatoms. The summed E-state index contributed by atoms with van der Waals surface area (Å²) in [5.41, 5.74) is 7.18. The van der Waals surface area contributed by atoms with Gasteiger partial charge in [-0.25, -0.2) is 0 Å². The molecule has 0 radical (unpaired) electrons. The third kappa shape index (κ3) is 3.59. The van der Waals surface area contributed by atoms with Crippen LogP contribution < -0.4 is 5.32 Å². The number of aliphatic carboxylic acids is 1. The first-order valence-electron chi connectivity index (χ1n) is 5.65. The van der Waals surface area contributed by atoms with Crippen molar-refractivity contribution in [3.63, 3.8) is 0 Å². The number of hydrogen-bond donors (Lipinski definition) is 2. The summed E-state index contributed by atoms with van der Waals surface area (Å²) in [6.07, 6.45) is 0.648. The first-order valence-corrected chi connectivity index (χ1v) is 5.65. The van der Waals surface area contributed by atoms with E-state index in [1.165, 1.54) is 0 Å². The minimum absolute atomic E-state index is 0.0955. The molecule has 0 aromatic heterocycles. The highest BCUT2D eigenvalue weighted by Crippen LogP contribution is 2.29. The molecule has 0 spiro atoms. The molecule has 0 bridgehead atoms. The Morgan fingerprint density at radius 2 is 2.18 bits per heavy atom. The highest BCUT2D eigenvalue weighted by molar-refractivity contribution is 5.79. The third-order valence-corrected chi connectivity index (χ3v) is 2.88. The SMILES string of the molecule is CC1CC(NCCN=[N+]=[N-])(C(=O)O)CC(C)O1. The second-order valence-electron chi connectivity index (χ2n) is 4.43. The van der Waals surface area contributed by atoms with E-state index in [4.69, 9.17) is 10.3 Å². The van der Waals surface area contributed by atoms with Crippen LogP contribution in [0, 0.1) is 0 Å². The molecule has 96 valence electrons. The minimum Gasteiger partial charge on any atom is -0.480 e. The fourth-order valence-electron chi connectivity index (χ4n) is 2.34. The van der Waals surface area contributed by atoms with E-state index < -0.39 is 11.5 Å². The maximum atomic E-state index is 11.4. The Morgan fingerprint density at radius 3 is 2.65 bits per heavy atom. The molecule has 0 amide bonds. The van der Waals surface area contributed by atoms with E-state index in [2.05, 4.69) is 15.3 Å². The van der Waals surface area contributed by atoms with Gasteiger partial charge in [0.15, 0.2) is 0 Å². The summed E-state index contributed by atoms with van der Waals surface area (Å²) in [5, 5.41) is 15.7. The standard InChI is InChI=1S/C10H18N4O3/c1-7-5-10(9(15)16,6-8(2)17-7)12-3-4-13-14-11/h7-8,12H,3-6H2,1-2H3,(H,15,16). The van der Waals surface area contributed by atoms with Crippen LogP contribution in [-0.2, 0) is 9.53 Å². The summed E-state index contributed by atoms with van der Waals surface area (Å²) < 4.78 is 5.53. The number of azide groups is 1. The summed E-state index contributed by atoms with van der Waals surface area (Å²) in [6.45, 7) is 4.33. The smallest absolute Gasteiger partial charge is 0.324 e. The Morgan fingerprint density at radius 1 is 1.59 bits per heavy atom. The fourth-order valence-corrected chi connectivity index (χ4v) is 2.34. The molecule has 0 saturated carbocycles. The maximum absolute atomic E-state index is 11.4. The van der Waals surface area contributed by atoms with Gasteiger partial charge in [0.1, 0.15) is 5.54 Å². The molecule has 1 rings (SSSR count). The number of nitrogens with one attached hydrogen (secondary N) is 1. The number of carboxylic acid groups (broad SMARTS) is 1. The number of hydrogen-bond acceptors (Lipinski definition) is 4. The van der Waals surface area contributed by atoms with Crippen molar-refractivity contribution in [3.8, 4) is 0 Å². The molecule has 1 heterocycles. The topological polar surface area (TPSA) is 107 Å². The molecule has 1 fully saturated rings. The number of carboxylic acids is 1. The Labute approximate surface area is 99.8 Å². The Kier molecular flexibility index (Phi) is 4.74. The van der Waals surface area contributed by atoms with Crippen LogP contribution in [0.1, 0.15) is 26.7 Å². The average molecular weight is 242 g/mol. The predicted molar refractivity (Wildman–Crippen MR) is 61.6 cm³/mol. The Balaban J connectivity index is 2.67. The monoisotopic (exact) mass is 242 g/mol. The van der Waals surface area contributed by atoms with Gasteiger partial charge in [-0.3, -0.25) is 4.79 Å². The van der Waals surface area contributed by atoms with Crippen molar-refractivity contribution in [2.24, 2.45) is 5.11 Å². The van der Waals surface area contributed by atoms with Crippen molar-refractivity contribution in [2.75, 3.05) is 13.1 Å². The van der Waals surface area contributed by atoms with Gasteiger partial charge < -0.3 is 15.2 Å². The van der Waals surface area contributed by atoms with Gasteiger partial charge in [-0.2, -0.15) is 0 Å². The molecule has 7 nitrogen and oxygen atoms in total. The molecule has 17 heavy (non-hydrogen) atoms. The van der Waals surface area contributed by atoms with Crippen LogP contribution in [0.3, 0.4) is 0 Å². The van der Waals surface area contributed by atoms with Crippen molar-refractivity contribution in [2.45, 2.75) is 44.4 Å². The van der Waals surface area contributed by atoms with Crippen LogP contribution in [0.2, 0.25) is 0 Å². The predicted octanol–water partition coefficient (Wildman–Crippen LogP) is 1.30. The fraction of sp³-hybridized carbons (Fsp3) is 0.900. The Bertz CT molecular complexity index is 318. The number of rotatable bonds is 5. The van der Waals surface area contributed by atoms with Gasteiger partial charge in [0.05, 0.1) is 12.2 Å². The van der Waals surface area contributed by atoms with Crippen molar-refractivity contribution in [3.05, 3.63) is 10.4 Å². The van der Waals surface area contributed by atoms with Crippen LogP contribution in [0.25, 0.3) is 10.4 Å². The quantitative estimate of drug-likeness (QED) is 0.328. The highest BCUT2D eigenvalue weighted by atomic mass is 16.5. The van der Waals surface area contributed by atoms with E-state index >= 15 is 0 Å². The van der Waals surface area contributed by atoms with Crippen LogP contribution in [0.4, 0.5) is 0 Å². The zero-order valence-corrected chi connectivity index (χ0v) is 10.1. The molecular formula is C10H18N4O3. The van der Waals surface area contributed by atoms with Gasteiger partial charge >= 0.3 is 5.97 Å². The summed E-state index contributed by atoms with van der Waals surface area (Å²) in [7, 11) is 0. The number of ether oxygens (including phenoxy) is 1. The zero-order chi connectivity index (χ0) is 12.9. The lowest BCUT2D eigenvalue weighted by Gasteiger charge is -2.40. The lowest BCUT2D eigenvalue weighted by Crippen LogP contribution is -2.59. The normalized spacial score (nSPS) is 32.8. The first kappa shape index (κ1) is 13.8. The van der Waals surface area contributed by atoms with Crippen molar-refractivity contribution in [1.82, 2.24) is 5.32 Å². The van der Waals surface area contributed by atoms with Gasteiger partial charge in [-0.05, 0) is 19.4 Å². The second-order valence-corrected chi connectivity index (χ2v) is 4.43. The van der Waals surface area contributed by atoms with E-state index in [0.717, 1.165) is 0 Å². The lowest BCUT2D eigenvalue weighted by molar-refractivity contribution is -0.155. The largest absolute Gasteiger partial charge is 0.480 e. The molecule has 1 aliphatic heterocycles. The van der Waals surface area contributed by atoms with Crippen LogP contribution >= 0.6 is 0 Å². The van der Waals surface area contributed by atoms with E-state index in [0.29, 0.717) is 19.4 Å². The summed E-state index contributed by atoms with van der Waals surface area (Å²) in [5.74, 6) is -0.875. The molecule has 0 aromatic rings. The molecule has 2 N–H and O–H groups in total. The molecule has 2 atom stereocenters. The molecule has 0 aliphatic carbocycles. The van der Waals surface area contributed by atoms with E-state index in [1.54, 1.807) is 0 Å². The van der Waals surface area contributed by atoms with Gasteiger partial charge in [0.25, 0.3) is 0 Å². The van der Waals surface area contributed by atoms with Crippen molar-refractivity contribution >= 4 is 5.97 Å². The highest BCUT2D eigenvalue weighted by Gasteiger charge is 2.44. The van der Waals surface area contributed by atoms with Crippen molar-refractivity contribution < 1.29 is 14.6 Å². The summed E-state index contributed by atoms with van der Waals surface area (Å²) in [4.78, 5) is 14.0. The second kappa shape index (κ2) is 5.86. The summed E-state index contributed by atoms with van der Waals surface area (Å²) >= 11 is 0. The van der Waals surface area contributed by atoms with E-state index in [9.17, 15) is 9.90 Å². The van der Waals surface area contributed by atoms with Gasteiger partial charge in [-0.15, -0.1) is 0 Å². The first-order chi connectivity index (χ1) is 8.00. The molecule has 2 unspecified atom stereocenters. The van der Waals surface area contributed by atoms with Crippen LogP contribution in [-0.4, -0.2) is 41.9 Å². The third-order valence-electron chi connectivity index (χ3n) is 2.88. The zero-order valence-electron chi connectivity index (χ0n) is 10.1. The van der Waals surface area contributed by atoms with Gasteiger partial charge in [0, 0.05) is 30.8 Å². The van der Waals surface area contributed by atoms with Crippen molar-refractivity contribution in [1.29, 1.82) is 0 Å². The molecular weight excluding hydrogens is 224 g/mol. The molecule has 1 aliphatic rings. The molecule has 0 aromatic carbocycles. The average Bonchev–Trinajstić information content (AvgIpc) is 2.23. The minimum atomic E-state index is -0.970. The van der Waals surface area contributed by atoms with E-state index in [-0.39, 0.29) is 18.8 Å². The Hall–Kier alpha value is -1.30. The maximum Gasteiger partial charge on any atom is 0.324 e. The molecule has 1 saturated heterocycles. The number of carbonyl (C=O) groups is 1. The lowest BCUT2D eigenvalue weighted by atomic mass is 9.84. The summed E-state index contributed by atoms with van der Waals surface area (Å²) in [6, 6.07) is 0. The van der Waals surface area contributed by atoms with Gasteiger partial charge in [0.2, 0.25) is 0 Å².